The highest BCUT2D eigenvalue weighted by molar-refractivity contribution is 8.18. The van der Waals surface area contributed by atoms with E-state index in [9.17, 15) is 9.59 Å². The Kier molecular flexibility index (Phi) is 8.06. The first-order valence-corrected chi connectivity index (χ1v) is 12.6. The summed E-state index contributed by atoms with van der Waals surface area (Å²) in [5.41, 5.74) is 3.63. The molecule has 180 valence electrons. The van der Waals surface area contributed by atoms with Crippen molar-refractivity contribution in [3.63, 3.8) is 0 Å². The molecule has 0 aliphatic carbocycles. The van der Waals surface area contributed by atoms with Crippen LogP contribution in [0.15, 0.2) is 65.6 Å². The van der Waals surface area contributed by atoms with E-state index in [0.717, 1.165) is 34.0 Å². The number of nitrogens with zero attached hydrogens (tertiary/aromatic N) is 1. The van der Waals surface area contributed by atoms with E-state index in [2.05, 4.69) is 0 Å². The molecule has 35 heavy (non-hydrogen) atoms. The summed E-state index contributed by atoms with van der Waals surface area (Å²) in [5.74, 6) is 0.793. The molecule has 1 heterocycles. The van der Waals surface area contributed by atoms with Crippen LogP contribution in [0.5, 0.6) is 11.5 Å². The number of aryl methyl sites for hydroxylation is 1. The summed E-state index contributed by atoms with van der Waals surface area (Å²) in [6.45, 7) is 4.85. The summed E-state index contributed by atoms with van der Waals surface area (Å²) in [7, 11) is 0. The lowest BCUT2D eigenvalue weighted by molar-refractivity contribution is -0.123. The van der Waals surface area contributed by atoms with Gasteiger partial charge in [-0.15, -0.1) is 0 Å². The number of amides is 2. The zero-order valence-corrected chi connectivity index (χ0v) is 21.5. The number of imide groups is 1. The number of hydrogen-bond acceptors (Lipinski definition) is 5. The van der Waals surface area contributed by atoms with Crippen LogP contribution in [0, 0.1) is 6.92 Å². The molecule has 0 unspecified atom stereocenters. The SMILES string of the molecule is CCOc1cc(/C=C2\SC(=O)N(Cc3ccc(C)cc3)C2=O)ccc1OCc1ccc(Cl)c(Cl)c1. The van der Waals surface area contributed by atoms with Crippen molar-refractivity contribution in [1.82, 2.24) is 4.90 Å². The Bertz CT molecular complexity index is 1290. The monoisotopic (exact) mass is 527 g/mol. The van der Waals surface area contributed by atoms with Crippen LogP contribution >= 0.6 is 35.0 Å². The summed E-state index contributed by atoms with van der Waals surface area (Å²) in [6.07, 6.45) is 1.70. The van der Waals surface area contributed by atoms with Crippen molar-refractivity contribution in [3.05, 3.63) is 97.9 Å². The lowest BCUT2D eigenvalue weighted by Gasteiger charge is -2.13. The van der Waals surface area contributed by atoms with Gasteiger partial charge in [0.2, 0.25) is 0 Å². The summed E-state index contributed by atoms with van der Waals surface area (Å²) < 4.78 is 11.7. The van der Waals surface area contributed by atoms with E-state index in [1.165, 1.54) is 4.90 Å². The summed E-state index contributed by atoms with van der Waals surface area (Å²) >= 11 is 13.0. The summed E-state index contributed by atoms with van der Waals surface area (Å²) in [5, 5.41) is 0.663. The number of carbonyl (C=O) groups excluding carboxylic acids is 2. The highest BCUT2D eigenvalue weighted by Gasteiger charge is 2.35. The van der Waals surface area contributed by atoms with Crippen LogP contribution in [0.1, 0.15) is 29.2 Å². The fraction of sp³-hybridized carbons (Fsp3) is 0.185. The first-order chi connectivity index (χ1) is 16.8. The maximum absolute atomic E-state index is 12.9. The first kappa shape index (κ1) is 25.2. The first-order valence-electron chi connectivity index (χ1n) is 11.0. The Morgan fingerprint density at radius 1 is 0.886 bits per heavy atom. The zero-order chi connectivity index (χ0) is 24.9. The van der Waals surface area contributed by atoms with Gasteiger partial charge < -0.3 is 9.47 Å². The third-order valence-electron chi connectivity index (χ3n) is 5.28. The number of carbonyl (C=O) groups is 2. The molecule has 4 rings (SSSR count). The molecule has 0 atom stereocenters. The molecule has 1 aliphatic heterocycles. The number of halogens is 2. The molecular formula is C27H23Cl2NO4S. The third kappa shape index (κ3) is 6.20. The standard InChI is InChI=1S/C27H23Cl2NO4S/c1-3-33-24-13-19(9-11-23(24)34-16-20-8-10-21(28)22(29)12-20)14-25-26(31)30(27(32)35-25)15-18-6-4-17(2)5-7-18/h4-14H,3,15-16H2,1-2H3/b25-14-. The topological polar surface area (TPSA) is 55.8 Å². The zero-order valence-electron chi connectivity index (χ0n) is 19.2. The largest absolute Gasteiger partial charge is 0.490 e. The van der Waals surface area contributed by atoms with Crippen molar-refractivity contribution in [3.8, 4) is 11.5 Å². The second-order valence-corrected chi connectivity index (χ2v) is 9.74. The van der Waals surface area contributed by atoms with Gasteiger partial charge in [-0.3, -0.25) is 14.5 Å². The molecule has 0 saturated carbocycles. The second kappa shape index (κ2) is 11.2. The van der Waals surface area contributed by atoms with Gasteiger partial charge in [0.15, 0.2) is 11.5 Å². The lowest BCUT2D eigenvalue weighted by atomic mass is 10.1. The predicted octanol–water partition coefficient (Wildman–Crippen LogP) is 7.52. The van der Waals surface area contributed by atoms with Crippen LogP contribution in [-0.4, -0.2) is 22.7 Å². The molecule has 1 saturated heterocycles. The number of hydrogen-bond donors (Lipinski definition) is 0. The third-order valence-corrected chi connectivity index (χ3v) is 6.93. The molecule has 1 fully saturated rings. The lowest BCUT2D eigenvalue weighted by Crippen LogP contribution is -2.27. The van der Waals surface area contributed by atoms with Crippen molar-refractivity contribution >= 4 is 52.2 Å². The molecular weight excluding hydrogens is 505 g/mol. The Hall–Kier alpha value is -2.93. The van der Waals surface area contributed by atoms with Gasteiger partial charge in [0.05, 0.1) is 28.1 Å². The van der Waals surface area contributed by atoms with E-state index in [-0.39, 0.29) is 24.3 Å². The van der Waals surface area contributed by atoms with Gasteiger partial charge in [0, 0.05) is 0 Å². The van der Waals surface area contributed by atoms with E-state index in [0.29, 0.717) is 33.1 Å². The Morgan fingerprint density at radius 3 is 2.34 bits per heavy atom. The van der Waals surface area contributed by atoms with Crippen molar-refractivity contribution in [1.29, 1.82) is 0 Å². The van der Waals surface area contributed by atoms with E-state index in [4.69, 9.17) is 32.7 Å². The van der Waals surface area contributed by atoms with Crippen molar-refractivity contribution in [2.45, 2.75) is 27.0 Å². The average molecular weight is 528 g/mol. The Labute approximate surface area is 218 Å². The van der Waals surface area contributed by atoms with Gasteiger partial charge in [-0.05, 0) is 72.6 Å². The number of benzene rings is 3. The van der Waals surface area contributed by atoms with Crippen molar-refractivity contribution in [2.75, 3.05) is 6.61 Å². The Morgan fingerprint density at radius 2 is 1.63 bits per heavy atom. The van der Waals surface area contributed by atoms with Crippen molar-refractivity contribution in [2.24, 2.45) is 0 Å². The molecule has 2 amide bonds. The molecule has 5 nitrogen and oxygen atoms in total. The fourth-order valence-corrected chi connectivity index (χ4v) is 4.62. The molecule has 0 bridgehead atoms. The van der Waals surface area contributed by atoms with Gasteiger partial charge >= 0.3 is 0 Å². The van der Waals surface area contributed by atoms with Crippen LogP contribution < -0.4 is 9.47 Å². The maximum atomic E-state index is 12.9. The second-order valence-electron chi connectivity index (χ2n) is 7.93. The maximum Gasteiger partial charge on any atom is 0.293 e. The van der Waals surface area contributed by atoms with Crippen molar-refractivity contribution < 1.29 is 19.1 Å². The minimum atomic E-state index is -0.307. The number of ether oxygens (including phenoxy) is 2. The molecule has 0 radical (unpaired) electrons. The van der Waals surface area contributed by atoms with E-state index < -0.39 is 0 Å². The van der Waals surface area contributed by atoms with Crippen LogP contribution in [-0.2, 0) is 17.9 Å². The van der Waals surface area contributed by atoms with Gasteiger partial charge in [-0.1, -0.05) is 65.2 Å². The van der Waals surface area contributed by atoms with Crippen LogP contribution in [0.3, 0.4) is 0 Å². The molecule has 0 aromatic heterocycles. The van der Waals surface area contributed by atoms with E-state index in [1.54, 1.807) is 30.3 Å². The Balaban J connectivity index is 1.50. The normalized spacial score (nSPS) is 14.6. The summed E-state index contributed by atoms with van der Waals surface area (Å²) in [4.78, 5) is 27.1. The van der Waals surface area contributed by atoms with Gasteiger partial charge in [-0.2, -0.15) is 0 Å². The van der Waals surface area contributed by atoms with E-state index >= 15 is 0 Å². The minimum Gasteiger partial charge on any atom is -0.490 e. The summed E-state index contributed by atoms with van der Waals surface area (Å²) in [6, 6.07) is 18.5. The molecule has 0 N–H and O–H groups in total. The highest BCUT2D eigenvalue weighted by atomic mass is 35.5. The quantitative estimate of drug-likeness (QED) is 0.283. The highest BCUT2D eigenvalue weighted by Crippen LogP contribution is 2.36. The van der Waals surface area contributed by atoms with Crippen LogP contribution in [0.4, 0.5) is 4.79 Å². The number of rotatable bonds is 8. The molecule has 3 aromatic carbocycles. The number of thioether (sulfide) groups is 1. The molecule has 3 aromatic rings. The van der Waals surface area contributed by atoms with Crippen LogP contribution in [0.25, 0.3) is 6.08 Å². The van der Waals surface area contributed by atoms with Gasteiger partial charge in [0.25, 0.3) is 11.1 Å². The smallest absolute Gasteiger partial charge is 0.293 e. The molecule has 8 heteroatoms. The predicted molar refractivity (Wildman–Crippen MR) is 141 cm³/mol. The van der Waals surface area contributed by atoms with Gasteiger partial charge in [-0.25, -0.2) is 0 Å². The van der Waals surface area contributed by atoms with E-state index in [1.807, 2.05) is 50.2 Å². The van der Waals surface area contributed by atoms with Crippen LogP contribution in [0.2, 0.25) is 10.0 Å². The average Bonchev–Trinajstić information content (AvgIpc) is 3.09. The molecule has 1 aliphatic rings. The fourth-order valence-electron chi connectivity index (χ4n) is 3.46. The van der Waals surface area contributed by atoms with Gasteiger partial charge in [0.1, 0.15) is 6.61 Å². The minimum absolute atomic E-state index is 0.244. The molecule has 0 spiro atoms.